The zero-order valence-corrected chi connectivity index (χ0v) is 18.4. The number of para-hydroxylation sites is 1. The second-order valence-electron chi connectivity index (χ2n) is 8.20. The molecular formula is C26H31N4O+. The number of pyridine rings is 1. The van der Waals surface area contributed by atoms with Crippen molar-refractivity contribution in [3.05, 3.63) is 78.1 Å². The molecule has 5 heteroatoms. The molecule has 1 amide bonds. The van der Waals surface area contributed by atoms with Crippen LogP contribution in [0.25, 0.3) is 21.8 Å². The first-order valence-electron chi connectivity index (χ1n) is 11.2. The molecule has 0 atom stereocenters. The minimum Gasteiger partial charge on any atom is -0.353 e. The summed E-state index contributed by atoms with van der Waals surface area (Å²) in [5.41, 5.74) is 3.65. The van der Waals surface area contributed by atoms with Crippen LogP contribution in [-0.2, 0) is 6.54 Å². The van der Waals surface area contributed by atoms with E-state index in [1.54, 1.807) is 6.20 Å². The molecule has 4 rings (SSSR count). The predicted octanol–water partition coefficient (Wildman–Crippen LogP) is 4.89. The highest BCUT2D eigenvalue weighted by atomic mass is 16.1. The van der Waals surface area contributed by atoms with Crippen LogP contribution >= 0.6 is 0 Å². The van der Waals surface area contributed by atoms with Crippen molar-refractivity contribution in [1.29, 1.82) is 0 Å². The Balaban J connectivity index is 1.41. The van der Waals surface area contributed by atoms with Gasteiger partial charge in [0, 0.05) is 41.0 Å². The van der Waals surface area contributed by atoms with Gasteiger partial charge in [-0.25, -0.2) is 4.98 Å². The average molecular weight is 416 g/mol. The number of carbonyl (C=O) groups excluding carboxylic acids is 1. The third-order valence-electron chi connectivity index (χ3n) is 6.44. The Bertz CT molecular complexity index is 1160. The largest absolute Gasteiger partial charge is 0.353 e. The van der Waals surface area contributed by atoms with Crippen LogP contribution in [0.5, 0.6) is 0 Å². The average Bonchev–Trinajstić information content (AvgIpc) is 3.20. The summed E-state index contributed by atoms with van der Waals surface area (Å²) in [5.74, 6) is -0.119. The van der Waals surface area contributed by atoms with Crippen LogP contribution in [0.1, 0.15) is 36.3 Å². The molecule has 5 nitrogen and oxygen atoms in total. The molecule has 31 heavy (non-hydrogen) atoms. The van der Waals surface area contributed by atoms with E-state index in [0.29, 0.717) is 12.2 Å². The van der Waals surface area contributed by atoms with Crippen molar-refractivity contribution in [3.63, 3.8) is 0 Å². The number of nitrogens with one attached hydrogen (secondary N) is 2. The molecule has 0 aliphatic heterocycles. The molecule has 0 saturated carbocycles. The van der Waals surface area contributed by atoms with Crippen LogP contribution in [0.4, 0.5) is 0 Å². The maximum Gasteiger partial charge on any atom is 0.272 e. The maximum absolute atomic E-state index is 12.9. The minimum atomic E-state index is -0.119. The van der Waals surface area contributed by atoms with Gasteiger partial charge in [0.15, 0.2) is 5.69 Å². The lowest BCUT2D eigenvalue weighted by atomic mass is 10.1. The molecule has 2 aromatic carbocycles. The molecule has 0 spiro atoms. The molecule has 0 aliphatic carbocycles. The van der Waals surface area contributed by atoms with Crippen molar-refractivity contribution in [3.8, 4) is 0 Å². The van der Waals surface area contributed by atoms with Gasteiger partial charge in [-0.1, -0.05) is 48.5 Å². The number of amides is 1. The Morgan fingerprint density at radius 2 is 1.71 bits per heavy atom. The second-order valence-corrected chi connectivity index (χ2v) is 8.20. The fourth-order valence-corrected chi connectivity index (χ4v) is 4.46. The van der Waals surface area contributed by atoms with Crippen LogP contribution in [-0.4, -0.2) is 46.5 Å². The molecule has 0 bridgehead atoms. The lowest BCUT2D eigenvalue weighted by Gasteiger charge is -2.37. The standard InChI is InChI=1S/C26H30N4O/c1-3-30(4-2,19-20-11-6-5-7-12-20)18-10-16-28-26(31)25-24-22(15-17-27-25)21-13-8-9-14-23(21)29-24/h5-9,11-15,17H,3-4,10,16,18-19H2,1-2H3,(H-,27,28,29,31)/p+1. The predicted molar refractivity (Wildman–Crippen MR) is 127 cm³/mol. The molecular weight excluding hydrogens is 384 g/mol. The van der Waals surface area contributed by atoms with Crippen LogP contribution < -0.4 is 5.32 Å². The summed E-state index contributed by atoms with van der Waals surface area (Å²) in [6, 6.07) is 20.7. The van der Waals surface area contributed by atoms with E-state index < -0.39 is 0 Å². The summed E-state index contributed by atoms with van der Waals surface area (Å²) in [6.45, 7) is 9.37. The Labute approximate surface area is 183 Å². The van der Waals surface area contributed by atoms with Gasteiger partial charge in [0.1, 0.15) is 6.54 Å². The number of aromatic nitrogens is 2. The Morgan fingerprint density at radius 3 is 2.48 bits per heavy atom. The van der Waals surface area contributed by atoms with Crippen molar-refractivity contribution in [1.82, 2.24) is 15.3 Å². The van der Waals surface area contributed by atoms with Crippen LogP contribution in [0, 0.1) is 0 Å². The van der Waals surface area contributed by atoms with Gasteiger partial charge in [-0.05, 0) is 26.0 Å². The number of hydrogen-bond acceptors (Lipinski definition) is 2. The summed E-state index contributed by atoms with van der Waals surface area (Å²) in [7, 11) is 0. The van der Waals surface area contributed by atoms with Gasteiger partial charge >= 0.3 is 0 Å². The highest BCUT2D eigenvalue weighted by Crippen LogP contribution is 2.26. The zero-order valence-electron chi connectivity index (χ0n) is 18.4. The fourth-order valence-electron chi connectivity index (χ4n) is 4.46. The summed E-state index contributed by atoms with van der Waals surface area (Å²) in [6.07, 6.45) is 2.65. The lowest BCUT2D eigenvalue weighted by molar-refractivity contribution is -0.937. The first-order valence-corrected chi connectivity index (χ1v) is 11.2. The van der Waals surface area contributed by atoms with Gasteiger partial charge in [-0.15, -0.1) is 0 Å². The molecule has 2 heterocycles. The third-order valence-corrected chi connectivity index (χ3v) is 6.44. The summed E-state index contributed by atoms with van der Waals surface area (Å²) in [5, 5.41) is 5.24. The molecule has 0 saturated heterocycles. The summed E-state index contributed by atoms with van der Waals surface area (Å²) < 4.78 is 1.02. The number of fused-ring (bicyclic) bond motifs is 3. The molecule has 4 aromatic rings. The Morgan fingerprint density at radius 1 is 0.968 bits per heavy atom. The number of carbonyl (C=O) groups is 1. The number of rotatable bonds is 9. The van der Waals surface area contributed by atoms with Crippen molar-refractivity contribution < 1.29 is 9.28 Å². The van der Waals surface area contributed by atoms with Crippen molar-refractivity contribution in [2.75, 3.05) is 26.2 Å². The molecule has 0 fully saturated rings. The normalized spacial score (nSPS) is 11.8. The van der Waals surface area contributed by atoms with Crippen LogP contribution in [0.2, 0.25) is 0 Å². The van der Waals surface area contributed by atoms with E-state index in [4.69, 9.17) is 0 Å². The van der Waals surface area contributed by atoms with E-state index in [1.165, 1.54) is 5.56 Å². The number of benzene rings is 2. The van der Waals surface area contributed by atoms with Crippen molar-refractivity contribution in [2.24, 2.45) is 0 Å². The monoisotopic (exact) mass is 415 g/mol. The molecule has 0 unspecified atom stereocenters. The van der Waals surface area contributed by atoms with E-state index >= 15 is 0 Å². The third kappa shape index (κ3) is 4.47. The number of aromatic amines is 1. The first-order chi connectivity index (χ1) is 15.2. The van der Waals surface area contributed by atoms with E-state index in [2.05, 4.69) is 65.5 Å². The number of H-pyrrole nitrogens is 1. The number of quaternary nitrogens is 1. The first kappa shape index (κ1) is 21.1. The Hall–Kier alpha value is -3.18. The van der Waals surface area contributed by atoms with Gasteiger partial charge in [0.05, 0.1) is 25.2 Å². The van der Waals surface area contributed by atoms with E-state index in [1.807, 2.05) is 24.3 Å². The van der Waals surface area contributed by atoms with E-state index in [-0.39, 0.29) is 5.91 Å². The van der Waals surface area contributed by atoms with Gasteiger partial charge in [0.2, 0.25) is 0 Å². The summed E-state index contributed by atoms with van der Waals surface area (Å²) in [4.78, 5) is 20.6. The lowest BCUT2D eigenvalue weighted by Crippen LogP contribution is -2.48. The van der Waals surface area contributed by atoms with Gasteiger partial charge in [-0.2, -0.15) is 0 Å². The quantitative estimate of drug-likeness (QED) is 0.302. The number of nitrogens with zero attached hydrogens (tertiary/aromatic N) is 2. The van der Waals surface area contributed by atoms with Crippen molar-refractivity contribution in [2.45, 2.75) is 26.8 Å². The highest BCUT2D eigenvalue weighted by molar-refractivity contribution is 6.13. The van der Waals surface area contributed by atoms with Gasteiger partial charge in [0.25, 0.3) is 5.91 Å². The van der Waals surface area contributed by atoms with Gasteiger partial charge < -0.3 is 14.8 Å². The molecule has 2 N–H and O–H groups in total. The number of hydrogen-bond donors (Lipinski definition) is 2. The Kier molecular flexibility index (Phi) is 6.33. The molecule has 0 radical (unpaired) electrons. The topological polar surface area (TPSA) is 57.8 Å². The zero-order chi connectivity index (χ0) is 21.7. The molecule has 0 aliphatic rings. The SMILES string of the molecule is CC[N+](CC)(CCCNC(=O)c1nccc2c1[nH]c1ccccc12)Cc1ccccc1. The van der Waals surface area contributed by atoms with E-state index in [0.717, 1.165) is 58.9 Å². The fraction of sp³-hybridized carbons (Fsp3) is 0.308. The van der Waals surface area contributed by atoms with Gasteiger partial charge in [-0.3, -0.25) is 4.79 Å². The molecule has 160 valence electrons. The second kappa shape index (κ2) is 9.31. The minimum absolute atomic E-state index is 0.119. The van der Waals surface area contributed by atoms with Crippen LogP contribution in [0.3, 0.4) is 0 Å². The maximum atomic E-state index is 12.9. The molecule has 2 aromatic heterocycles. The smallest absolute Gasteiger partial charge is 0.272 e. The van der Waals surface area contributed by atoms with Crippen molar-refractivity contribution >= 4 is 27.7 Å². The highest BCUT2D eigenvalue weighted by Gasteiger charge is 2.23. The van der Waals surface area contributed by atoms with Crippen LogP contribution in [0.15, 0.2) is 66.9 Å². The summed E-state index contributed by atoms with van der Waals surface area (Å²) >= 11 is 0. The van der Waals surface area contributed by atoms with E-state index in [9.17, 15) is 4.79 Å².